The Balaban J connectivity index is 1.63. The minimum Gasteiger partial charge on any atom is -0.496 e. The van der Waals surface area contributed by atoms with Gasteiger partial charge in [-0.25, -0.2) is 4.98 Å². The van der Waals surface area contributed by atoms with Gasteiger partial charge in [0, 0.05) is 26.6 Å². The van der Waals surface area contributed by atoms with Crippen molar-refractivity contribution < 1.29 is 9.47 Å². The van der Waals surface area contributed by atoms with Crippen LogP contribution >= 0.6 is 23.2 Å². The summed E-state index contributed by atoms with van der Waals surface area (Å²) in [4.78, 5) is 4.78. The molecule has 1 aromatic heterocycles. The zero-order valence-corrected chi connectivity index (χ0v) is 17.8. The molecule has 0 spiro atoms. The fourth-order valence-electron chi connectivity index (χ4n) is 3.13. The average Bonchev–Trinajstić information content (AvgIpc) is 2.77. The van der Waals surface area contributed by atoms with E-state index in [0.29, 0.717) is 22.4 Å². The second kappa shape index (κ2) is 9.21. The molecule has 0 saturated heterocycles. The van der Waals surface area contributed by atoms with Crippen molar-refractivity contribution in [3.8, 4) is 11.5 Å². The van der Waals surface area contributed by atoms with Crippen LogP contribution < -0.4 is 9.47 Å². The highest BCUT2D eigenvalue weighted by atomic mass is 35.5. The van der Waals surface area contributed by atoms with E-state index in [2.05, 4.69) is 0 Å². The Bertz CT molecular complexity index is 1220. The van der Waals surface area contributed by atoms with Crippen LogP contribution in [0.3, 0.4) is 0 Å². The van der Waals surface area contributed by atoms with Gasteiger partial charge in [-0.15, -0.1) is 0 Å². The molecule has 150 valence electrons. The van der Waals surface area contributed by atoms with Gasteiger partial charge in [-0.3, -0.25) is 0 Å². The molecule has 4 aromatic rings. The number of para-hydroxylation sites is 1. The van der Waals surface area contributed by atoms with Gasteiger partial charge in [0.2, 0.25) is 0 Å². The van der Waals surface area contributed by atoms with E-state index in [-0.39, 0.29) is 0 Å². The van der Waals surface area contributed by atoms with Gasteiger partial charge in [-0.1, -0.05) is 59.6 Å². The molecule has 0 unspecified atom stereocenters. The predicted molar refractivity (Wildman–Crippen MR) is 124 cm³/mol. The lowest BCUT2D eigenvalue weighted by Crippen LogP contribution is -1.98. The largest absolute Gasteiger partial charge is 0.496 e. The number of benzene rings is 3. The molecule has 0 N–H and O–H groups in total. The highest BCUT2D eigenvalue weighted by Crippen LogP contribution is 2.28. The Morgan fingerprint density at radius 3 is 2.57 bits per heavy atom. The van der Waals surface area contributed by atoms with E-state index in [1.54, 1.807) is 13.2 Å². The molecule has 1 heterocycles. The summed E-state index contributed by atoms with van der Waals surface area (Å²) in [5.74, 6) is 1.46. The van der Waals surface area contributed by atoms with Gasteiger partial charge in [-0.2, -0.15) is 0 Å². The second-order valence-electron chi connectivity index (χ2n) is 6.66. The minimum absolute atomic E-state index is 0.375. The number of pyridine rings is 1. The minimum atomic E-state index is 0.375. The third kappa shape index (κ3) is 4.59. The van der Waals surface area contributed by atoms with Crippen molar-refractivity contribution in [1.82, 2.24) is 4.98 Å². The number of fused-ring (bicyclic) bond motifs is 1. The molecule has 0 atom stereocenters. The number of rotatable bonds is 6. The first-order valence-corrected chi connectivity index (χ1v) is 10.2. The molecule has 0 aliphatic rings. The molecule has 0 radical (unpaired) electrons. The molecule has 0 bridgehead atoms. The van der Waals surface area contributed by atoms with Crippen molar-refractivity contribution in [2.75, 3.05) is 7.11 Å². The van der Waals surface area contributed by atoms with Crippen molar-refractivity contribution in [2.24, 2.45) is 0 Å². The molecule has 30 heavy (non-hydrogen) atoms. The van der Waals surface area contributed by atoms with Crippen LogP contribution in [0.15, 0.2) is 72.8 Å². The first-order chi connectivity index (χ1) is 14.6. The Morgan fingerprint density at radius 1 is 0.867 bits per heavy atom. The van der Waals surface area contributed by atoms with Crippen LogP contribution in [0, 0.1) is 0 Å². The molecular formula is C25H19Cl2NO2. The number of nitrogens with zero attached hydrogens (tertiary/aromatic N) is 1. The summed E-state index contributed by atoms with van der Waals surface area (Å²) in [6, 6.07) is 23.0. The second-order valence-corrected chi connectivity index (χ2v) is 7.51. The van der Waals surface area contributed by atoms with Gasteiger partial charge >= 0.3 is 0 Å². The number of halogens is 2. The third-order valence-electron chi connectivity index (χ3n) is 4.67. The van der Waals surface area contributed by atoms with Crippen molar-refractivity contribution >= 4 is 46.3 Å². The Labute approximate surface area is 185 Å². The van der Waals surface area contributed by atoms with Gasteiger partial charge in [0.1, 0.15) is 23.6 Å². The topological polar surface area (TPSA) is 31.4 Å². The first kappa shape index (κ1) is 20.3. The molecule has 3 nitrogen and oxygen atoms in total. The molecular weight excluding hydrogens is 417 g/mol. The lowest BCUT2D eigenvalue weighted by Gasteiger charge is -2.10. The van der Waals surface area contributed by atoms with E-state index >= 15 is 0 Å². The zero-order valence-electron chi connectivity index (χ0n) is 16.3. The summed E-state index contributed by atoms with van der Waals surface area (Å²) in [7, 11) is 1.64. The standard InChI is InChI=1S/C25H19Cl2NO2/c1-29-23-14-11-20(26)15-18(23)10-13-21-12-9-17-6-4-8-24(25(17)28-21)30-16-19-5-2-3-7-22(19)27/h2-15H,16H2,1H3. The average molecular weight is 436 g/mol. The van der Waals surface area contributed by atoms with E-state index < -0.39 is 0 Å². The number of hydrogen-bond donors (Lipinski definition) is 0. The van der Waals surface area contributed by atoms with E-state index in [1.165, 1.54) is 0 Å². The number of hydrogen-bond acceptors (Lipinski definition) is 3. The van der Waals surface area contributed by atoms with Crippen LogP contribution in [-0.2, 0) is 6.61 Å². The van der Waals surface area contributed by atoms with Gasteiger partial charge in [0.25, 0.3) is 0 Å². The van der Waals surface area contributed by atoms with Gasteiger partial charge < -0.3 is 9.47 Å². The summed E-state index contributed by atoms with van der Waals surface area (Å²) in [5, 5.41) is 2.34. The van der Waals surface area contributed by atoms with Crippen LogP contribution in [0.1, 0.15) is 16.8 Å². The maximum absolute atomic E-state index is 6.24. The van der Waals surface area contributed by atoms with E-state index in [0.717, 1.165) is 33.5 Å². The van der Waals surface area contributed by atoms with E-state index in [4.69, 9.17) is 37.7 Å². The lowest BCUT2D eigenvalue weighted by atomic mass is 10.1. The molecule has 3 aromatic carbocycles. The Kier molecular flexibility index (Phi) is 6.22. The van der Waals surface area contributed by atoms with Gasteiger partial charge in [-0.05, 0) is 48.6 Å². The van der Waals surface area contributed by atoms with Crippen LogP contribution in [0.2, 0.25) is 10.0 Å². The molecule has 0 amide bonds. The highest BCUT2D eigenvalue weighted by molar-refractivity contribution is 6.31. The first-order valence-electron chi connectivity index (χ1n) is 9.41. The molecule has 0 aliphatic heterocycles. The van der Waals surface area contributed by atoms with E-state index in [1.807, 2.05) is 78.9 Å². The lowest BCUT2D eigenvalue weighted by molar-refractivity contribution is 0.309. The van der Waals surface area contributed by atoms with Gasteiger partial charge in [0.15, 0.2) is 0 Å². The molecule has 0 aliphatic carbocycles. The van der Waals surface area contributed by atoms with Crippen LogP contribution in [0.4, 0.5) is 0 Å². The number of ether oxygens (including phenoxy) is 2. The van der Waals surface area contributed by atoms with Crippen molar-refractivity contribution in [1.29, 1.82) is 0 Å². The monoisotopic (exact) mass is 435 g/mol. The molecule has 4 rings (SSSR count). The van der Waals surface area contributed by atoms with Crippen molar-refractivity contribution in [2.45, 2.75) is 6.61 Å². The molecule has 0 fully saturated rings. The SMILES string of the molecule is COc1ccc(Cl)cc1C=Cc1ccc2cccc(OCc3ccccc3Cl)c2n1. The number of methoxy groups -OCH3 is 1. The third-order valence-corrected chi connectivity index (χ3v) is 5.28. The zero-order chi connectivity index (χ0) is 20.9. The van der Waals surface area contributed by atoms with Crippen molar-refractivity contribution in [3.63, 3.8) is 0 Å². The van der Waals surface area contributed by atoms with Crippen molar-refractivity contribution in [3.05, 3.63) is 99.7 Å². The normalized spacial score (nSPS) is 11.2. The van der Waals surface area contributed by atoms with Crippen LogP contribution in [0.5, 0.6) is 11.5 Å². The maximum atomic E-state index is 6.24. The Morgan fingerprint density at radius 2 is 1.73 bits per heavy atom. The quantitative estimate of drug-likeness (QED) is 0.318. The fraction of sp³-hybridized carbons (Fsp3) is 0.0800. The predicted octanol–water partition coefficient (Wildman–Crippen LogP) is 7.30. The highest BCUT2D eigenvalue weighted by Gasteiger charge is 2.07. The summed E-state index contributed by atoms with van der Waals surface area (Å²) < 4.78 is 11.4. The summed E-state index contributed by atoms with van der Waals surface area (Å²) in [5.41, 5.74) is 3.42. The molecule has 0 saturated carbocycles. The Hall–Kier alpha value is -3.01. The maximum Gasteiger partial charge on any atom is 0.146 e. The van der Waals surface area contributed by atoms with Crippen LogP contribution in [-0.4, -0.2) is 12.1 Å². The summed E-state index contributed by atoms with van der Waals surface area (Å²) in [6.45, 7) is 0.375. The summed E-state index contributed by atoms with van der Waals surface area (Å²) >= 11 is 12.4. The molecule has 5 heteroatoms. The van der Waals surface area contributed by atoms with Gasteiger partial charge in [0.05, 0.1) is 12.8 Å². The summed E-state index contributed by atoms with van der Waals surface area (Å²) in [6.07, 6.45) is 3.87. The van der Waals surface area contributed by atoms with E-state index in [9.17, 15) is 0 Å². The number of aromatic nitrogens is 1. The fourth-order valence-corrected chi connectivity index (χ4v) is 3.50. The van der Waals surface area contributed by atoms with Crippen LogP contribution in [0.25, 0.3) is 23.1 Å². The smallest absolute Gasteiger partial charge is 0.146 e.